The number of nitrogens with zero attached hydrogens (tertiary/aromatic N) is 4. The third-order valence-electron chi connectivity index (χ3n) is 4.23. The summed E-state index contributed by atoms with van der Waals surface area (Å²) in [6.45, 7) is 2.62. The topological polar surface area (TPSA) is 71.2 Å². The van der Waals surface area contributed by atoms with Crippen molar-refractivity contribution in [3.63, 3.8) is 0 Å². The molecule has 0 aromatic carbocycles. The van der Waals surface area contributed by atoms with Crippen LogP contribution in [0.3, 0.4) is 0 Å². The Morgan fingerprint density at radius 3 is 3.04 bits per heavy atom. The Morgan fingerprint density at radius 1 is 1.57 bits per heavy atom. The third-order valence-corrected chi connectivity index (χ3v) is 5.14. The zero-order valence-corrected chi connectivity index (χ0v) is 14.2. The smallest absolute Gasteiger partial charge is 0.265 e. The van der Waals surface area contributed by atoms with E-state index in [0.717, 1.165) is 24.1 Å². The van der Waals surface area contributed by atoms with Crippen LogP contribution in [0.1, 0.15) is 45.4 Å². The maximum absolute atomic E-state index is 12.9. The van der Waals surface area contributed by atoms with Crippen molar-refractivity contribution in [3.05, 3.63) is 33.1 Å². The summed E-state index contributed by atoms with van der Waals surface area (Å²) < 4.78 is 7.19. The number of aryl methyl sites for hydroxylation is 2. The molecule has 0 saturated carbocycles. The number of methoxy groups -OCH3 is 1. The molecule has 2 aromatic rings. The van der Waals surface area contributed by atoms with E-state index in [2.05, 4.69) is 11.2 Å². The van der Waals surface area contributed by atoms with Crippen LogP contribution < -0.4 is 4.74 Å². The van der Waals surface area contributed by atoms with Gasteiger partial charge in [0.2, 0.25) is 5.88 Å². The lowest BCUT2D eigenvalue weighted by molar-refractivity contribution is 0.0738. The molecule has 23 heavy (non-hydrogen) atoms. The van der Waals surface area contributed by atoms with E-state index in [4.69, 9.17) is 10.00 Å². The van der Waals surface area contributed by atoms with Crippen molar-refractivity contribution in [1.82, 2.24) is 14.7 Å². The predicted octanol–water partition coefficient (Wildman–Crippen LogP) is 2.65. The van der Waals surface area contributed by atoms with Gasteiger partial charge in [0.15, 0.2) is 0 Å². The Labute approximate surface area is 138 Å². The third kappa shape index (κ3) is 2.49. The number of aromatic nitrogens is 2. The Kier molecular flexibility index (Phi) is 4.09. The van der Waals surface area contributed by atoms with Crippen LogP contribution in [-0.4, -0.2) is 34.2 Å². The average Bonchev–Trinajstić information content (AvgIpc) is 3.23. The first-order valence-corrected chi connectivity index (χ1v) is 8.32. The van der Waals surface area contributed by atoms with Crippen molar-refractivity contribution < 1.29 is 9.53 Å². The Bertz CT molecular complexity index is 787. The van der Waals surface area contributed by atoms with E-state index in [0.29, 0.717) is 22.9 Å². The molecule has 1 fully saturated rings. The van der Waals surface area contributed by atoms with Crippen molar-refractivity contribution >= 4 is 17.2 Å². The van der Waals surface area contributed by atoms with Crippen molar-refractivity contribution in [2.45, 2.75) is 25.8 Å². The summed E-state index contributed by atoms with van der Waals surface area (Å²) in [6.07, 6.45) is 1.81. The maximum Gasteiger partial charge on any atom is 0.265 e. The van der Waals surface area contributed by atoms with Crippen LogP contribution in [0.5, 0.6) is 5.88 Å². The molecule has 0 bridgehead atoms. The summed E-state index contributed by atoms with van der Waals surface area (Å²) in [5.41, 5.74) is 2.29. The Hall–Kier alpha value is -2.33. The minimum absolute atomic E-state index is 0.0557. The summed E-state index contributed by atoms with van der Waals surface area (Å²) in [5.74, 6) is 0.614. The minimum Gasteiger partial charge on any atom is -0.481 e. The molecule has 1 aliphatic rings. The van der Waals surface area contributed by atoms with Gasteiger partial charge in [-0.15, -0.1) is 11.3 Å². The number of hydrogen-bond donors (Lipinski definition) is 0. The maximum atomic E-state index is 12.9. The fraction of sp³-hybridized carbons (Fsp3) is 0.438. The summed E-state index contributed by atoms with van der Waals surface area (Å²) in [7, 11) is 3.46. The van der Waals surface area contributed by atoms with Gasteiger partial charge in [-0.1, -0.05) is 0 Å². The van der Waals surface area contributed by atoms with E-state index < -0.39 is 0 Å². The molecule has 3 rings (SSSR count). The second-order valence-electron chi connectivity index (χ2n) is 5.56. The van der Waals surface area contributed by atoms with E-state index in [1.54, 1.807) is 23.2 Å². The van der Waals surface area contributed by atoms with Gasteiger partial charge in [0, 0.05) is 13.6 Å². The molecule has 120 valence electrons. The normalized spacial score (nSPS) is 17.3. The number of ether oxygens (including phenoxy) is 1. The largest absolute Gasteiger partial charge is 0.481 e. The molecule has 7 heteroatoms. The second kappa shape index (κ2) is 6.05. The molecule has 0 unspecified atom stereocenters. The highest BCUT2D eigenvalue weighted by molar-refractivity contribution is 7.12. The molecule has 0 radical (unpaired) electrons. The van der Waals surface area contributed by atoms with E-state index in [9.17, 15) is 4.79 Å². The highest BCUT2D eigenvalue weighted by atomic mass is 32.1. The van der Waals surface area contributed by atoms with Crippen LogP contribution in [0.15, 0.2) is 11.4 Å². The number of carbonyl (C=O) groups excluding carboxylic acids is 1. The minimum atomic E-state index is -0.0793. The molecular formula is C16H18N4O2S. The highest BCUT2D eigenvalue weighted by Crippen LogP contribution is 2.40. The van der Waals surface area contributed by atoms with E-state index in [-0.39, 0.29) is 11.9 Å². The van der Waals surface area contributed by atoms with Gasteiger partial charge in [-0.2, -0.15) is 10.4 Å². The zero-order valence-electron chi connectivity index (χ0n) is 13.4. The van der Waals surface area contributed by atoms with Gasteiger partial charge in [0.1, 0.15) is 10.9 Å². The SMILES string of the molecule is COc1c([C@@H]2CCCN2C(=O)c2sccc2C#N)c(C)nn1C. The highest BCUT2D eigenvalue weighted by Gasteiger charge is 2.36. The first kappa shape index (κ1) is 15.6. The fourth-order valence-electron chi connectivity index (χ4n) is 3.28. The molecule has 0 N–H and O–H groups in total. The van der Waals surface area contributed by atoms with Gasteiger partial charge in [-0.05, 0) is 31.2 Å². The summed E-state index contributed by atoms with van der Waals surface area (Å²) in [6, 6.07) is 3.73. The standard InChI is InChI=1S/C16H18N4O2S/c1-10-13(16(22-3)19(2)18-10)12-5-4-7-20(12)15(21)14-11(9-17)6-8-23-14/h6,8,12H,4-5,7H2,1-3H3/t12-/m0/s1. The first-order valence-electron chi connectivity index (χ1n) is 7.44. The molecule has 2 aromatic heterocycles. The van der Waals surface area contributed by atoms with Crippen molar-refractivity contribution in [2.24, 2.45) is 7.05 Å². The molecule has 6 nitrogen and oxygen atoms in total. The van der Waals surface area contributed by atoms with Gasteiger partial charge >= 0.3 is 0 Å². The quantitative estimate of drug-likeness (QED) is 0.867. The molecule has 1 amide bonds. The second-order valence-corrected chi connectivity index (χ2v) is 6.48. The number of amides is 1. The number of nitriles is 1. The van der Waals surface area contributed by atoms with Crippen LogP contribution >= 0.6 is 11.3 Å². The molecule has 0 aliphatic carbocycles. The molecule has 1 aliphatic heterocycles. The lowest BCUT2D eigenvalue weighted by atomic mass is 10.0. The zero-order chi connectivity index (χ0) is 16.6. The monoisotopic (exact) mass is 330 g/mol. The molecule has 1 saturated heterocycles. The summed E-state index contributed by atoms with van der Waals surface area (Å²) in [4.78, 5) is 15.3. The van der Waals surface area contributed by atoms with Gasteiger partial charge in [-0.3, -0.25) is 4.79 Å². The van der Waals surface area contributed by atoms with Crippen molar-refractivity contribution in [2.75, 3.05) is 13.7 Å². The number of rotatable bonds is 3. The Morgan fingerprint density at radius 2 is 2.35 bits per heavy atom. The van der Waals surface area contributed by atoms with Crippen molar-refractivity contribution in [3.8, 4) is 11.9 Å². The fourth-order valence-corrected chi connectivity index (χ4v) is 4.08. The predicted molar refractivity (Wildman–Crippen MR) is 86.5 cm³/mol. The van der Waals surface area contributed by atoms with Crippen LogP contribution in [0.4, 0.5) is 0 Å². The van der Waals surface area contributed by atoms with E-state index in [1.807, 2.05) is 18.9 Å². The van der Waals surface area contributed by atoms with Gasteiger partial charge in [0.05, 0.1) is 30.0 Å². The van der Waals surface area contributed by atoms with Gasteiger partial charge in [0.25, 0.3) is 5.91 Å². The van der Waals surface area contributed by atoms with E-state index >= 15 is 0 Å². The van der Waals surface area contributed by atoms with Crippen molar-refractivity contribution in [1.29, 1.82) is 5.26 Å². The first-order chi connectivity index (χ1) is 11.1. The molecular weight excluding hydrogens is 312 g/mol. The molecule has 3 heterocycles. The van der Waals surface area contributed by atoms with Gasteiger partial charge < -0.3 is 9.64 Å². The summed E-state index contributed by atoms with van der Waals surface area (Å²) in [5, 5.41) is 15.4. The lowest BCUT2D eigenvalue weighted by Gasteiger charge is -2.25. The van der Waals surface area contributed by atoms with Crippen LogP contribution in [0, 0.1) is 18.3 Å². The number of thiophene rings is 1. The van der Waals surface area contributed by atoms with Crippen LogP contribution in [0.25, 0.3) is 0 Å². The average molecular weight is 330 g/mol. The Balaban J connectivity index is 1.99. The number of likely N-dealkylation sites (tertiary alicyclic amines) is 1. The number of hydrogen-bond acceptors (Lipinski definition) is 5. The molecule has 1 atom stereocenters. The van der Waals surface area contributed by atoms with Crippen LogP contribution in [-0.2, 0) is 7.05 Å². The van der Waals surface area contributed by atoms with Crippen LogP contribution in [0.2, 0.25) is 0 Å². The lowest BCUT2D eigenvalue weighted by Crippen LogP contribution is -2.30. The van der Waals surface area contributed by atoms with Gasteiger partial charge in [-0.25, -0.2) is 4.68 Å². The molecule has 0 spiro atoms. The number of carbonyl (C=O) groups is 1. The summed E-state index contributed by atoms with van der Waals surface area (Å²) >= 11 is 1.32. The van der Waals surface area contributed by atoms with E-state index in [1.165, 1.54) is 11.3 Å².